The van der Waals surface area contributed by atoms with Crippen LogP contribution in [0.15, 0.2) is 23.2 Å². The molecule has 0 aromatic heterocycles. The van der Waals surface area contributed by atoms with Crippen LogP contribution in [0.4, 0.5) is 5.69 Å². The SMILES string of the molecule is CCNC(=NCC(=O)N1CCCC1)NCCC(=O)Nc1ccc(C)cc1Cl. The normalized spacial score (nSPS) is 14.2. The summed E-state index contributed by atoms with van der Waals surface area (Å²) >= 11 is 6.13. The molecule has 0 bridgehead atoms. The number of aryl methyl sites for hydroxylation is 1. The van der Waals surface area contributed by atoms with Crippen molar-refractivity contribution >= 4 is 35.1 Å². The van der Waals surface area contributed by atoms with E-state index < -0.39 is 0 Å². The van der Waals surface area contributed by atoms with Crippen LogP contribution >= 0.6 is 11.6 Å². The minimum Gasteiger partial charge on any atom is -0.357 e. The van der Waals surface area contributed by atoms with Gasteiger partial charge in [-0.05, 0) is 44.4 Å². The fraction of sp³-hybridized carbons (Fsp3) is 0.526. The lowest BCUT2D eigenvalue weighted by Gasteiger charge is -2.15. The van der Waals surface area contributed by atoms with Crippen LogP contribution < -0.4 is 16.0 Å². The van der Waals surface area contributed by atoms with Gasteiger partial charge in [0.15, 0.2) is 5.96 Å². The molecule has 1 aliphatic heterocycles. The molecule has 2 rings (SSSR count). The number of likely N-dealkylation sites (tertiary alicyclic amines) is 1. The Kier molecular flexibility index (Phi) is 8.39. The minimum atomic E-state index is -0.141. The molecular weight excluding hydrogens is 366 g/mol. The first-order valence-corrected chi connectivity index (χ1v) is 9.73. The lowest BCUT2D eigenvalue weighted by Crippen LogP contribution is -2.40. The van der Waals surface area contributed by atoms with Gasteiger partial charge in [0.05, 0.1) is 10.7 Å². The summed E-state index contributed by atoms with van der Waals surface area (Å²) in [5.41, 5.74) is 1.64. The molecule has 27 heavy (non-hydrogen) atoms. The van der Waals surface area contributed by atoms with E-state index in [9.17, 15) is 9.59 Å². The highest BCUT2D eigenvalue weighted by atomic mass is 35.5. The van der Waals surface area contributed by atoms with E-state index in [1.165, 1.54) is 0 Å². The standard InChI is InChI=1S/C19H28ClN5O2/c1-3-21-19(23-13-18(27)25-10-4-5-11-25)22-9-8-17(26)24-16-7-6-14(2)12-15(16)20/h6-7,12H,3-5,8-11,13H2,1-2H3,(H,24,26)(H2,21,22,23). The zero-order valence-electron chi connectivity index (χ0n) is 16.0. The van der Waals surface area contributed by atoms with Gasteiger partial charge in [-0.1, -0.05) is 17.7 Å². The van der Waals surface area contributed by atoms with Gasteiger partial charge in [0.1, 0.15) is 6.54 Å². The molecule has 1 aromatic rings. The van der Waals surface area contributed by atoms with E-state index in [4.69, 9.17) is 11.6 Å². The molecule has 0 spiro atoms. The fourth-order valence-electron chi connectivity index (χ4n) is 2.78. The summed E-state index contributed by atoms with van der Waals surface area (Å²) in [6.07, 6.45) is 2.39. The van der Waals surface area contributed by atoms with Gasteiger partial charge in [0.2, 0.25) is 11.8 Å². The zero-order valence-corrected chi connectivity index (χ0v) is 16.7. The molecule has 0 saturated carbocycles. The van der Waals surface area contributed by atoms with E-state index in [1.807, 2.05) is 30.9 Å². The third-order valence-corrected chi connectivity index (χ3v) is 4.53. The maximum Gasteiger partial charge on any atom is 0.244 e. The Morgan fingerprint density at radius 3 is 2.63 bits per heavy atom. The molecule has 1 aromatic carbocycles. The van der Waals surface area contributed by atoms with Crippen LogP contribution in [0.3, 0.4) is 0 Å². The molecule has 1 heterocycles. The summed E-state index contributed by atoms with van der Waals surface area (Å²) in [6.45, 7) is 6.72. The molecule has 1 saturated heterocycles. The second-order valence-corrected chi connectivity index (χ2v) is 6.90. The van der Waals surface area contributed by atoms with Crippen LogP contribution in [0.2, 0.25) is 5.02 Å². The highest BCUT2D eigenvalue weighted by molar-refractivity contribution is 6.33. The zero-order chi connectivity index (χ0) is 19.6. The number of carbonyl (C=O) groups is 2. The van der Waals surface area contributed by atoms with Crippen LogP contribution in [0.25, 0.3) is 0 Å². The third kappa shape index (κ3) is 7.09. The van der Waals surface area contributed by atoms with E-state index in [1.54, 1.807) is 6.07 Å². The third-order valence-electron chi connectivity index (χ3n) is 4.22. The van der Waals surface area contributed by atoms with Crippen molar-refractivity contribution in [1.82, 2.24) is 15.5 Å². The molecule has 8 heteroatoms. The molecule has 0 atom stereocenters. The van der Waals surface area contributed by atoms with Gasteiger partial charge < -0.3 is 20.9 Å². The number of carbonyl (C=O) groups excluding carboxylic acids is 2. The van der Waals surface area contributed by atoms with Crippen molar-refractivity contribution in [3.8, 4) is 0 Å². The highest BCUT2D eigenvalue weighted by Crippen LogP contribution is 2.22. The van der Waals surface area contributed by atoms with Crippen LogP contribution in [-0.4, -0.2) is 55.4 Å². The Morgan fingerprint density at radius 2 is 1.96 bits per heavy atom. The van der Waals surface area contributed by atoms with Gasteiger partial charge in [-0.25, -0.2) is 4.99 Å². The Labute approximate surface area is 165 Å². The Morgan fingerprint density at radius 1 is 1.22 bits per heavy atom. The van der Waals surface area contributed by atoms with E-state index in [0.717, 1.165) is 31.5 Å². The molecule has 0 radical (unpaired) electrons. The number of hydrogen-bond acceptors (Lipinski definition) is 3. The second-order valence-electron chi connectivity index (χ2n) is 6.49. The summed E-state index contributed by atoms with van der Waals surface area (Å²) in [5, 5.41) is 9.48. The van der Waals surface area contributed by atoms with Crippen LogP contribution in [-0.2, 0) is 9.59 Å². The summed E-state index contributed by atoms with van der Waals surface area (Å²) in [4.78, 5) is 30.3. The van der Waals surface area contributed by atoms with E-state index in [-0.39, 0.29) is 24.8 Å². The van der Waals surface area contributed by atoms with Crippen molar-refractivity contribution in [3.05, 3.63) is 28.8 Å². The molecule has 1 fully saturated rings. The predicted octanol–water partition coefficient (Wildman–Crippen LogP) is 2.15. The van der Waals surface area contributed by atoms with E-state index in [2.05, 4.69) is 20.9 Å². The molecule has 7 nitrogen and oxygen atoms in total. The smallest absolute Gasteiger partial charge is 0.244 e. The first-order valence-electron chi connectivity index (χ1n) is 9.35. The summed E-state index contributed by atoms with van der Waals surface area (Å²) in [5.74, 6) is 0.430. The van der Waals surface area contributed by atoms with Crippen LogP contribution in [0, 0.1) is 6.92 Å². The van der Waals surface area contributed by atoms with Gasteiger partial charge in [-0.2, -0.15) is 0 Å². The van der Waals surface area contributed by atoms with Crippen molar-refractivity contribution in [2.45, 2.75) is 33.1 Å². The first-order chi connectivity index (χ1) is 13.0. The van der Waals surface area contributed by atoms with Gasteiger partial charge in [0.25, 0.3) is 0 Å². The number of amides is 2. The molecule has 0 aliphatic carbocycles. The fourth-order valence-corrected chi connectivity index (χ4v) is 3.07. The van der Waals surface area contributed by atoms with Crippen molar-refractivity contribution < 1.29 is 9.59 Å². The number of benzene rings is 1. The van der Waals surface area contributed by atoms with Gasteiger partial charge >= 0.3 is 0 Å². The summed E-state index contributed by atoms with van der Waals surface area (Å²) in [7, 11) is 0. The largest absolute Gasteiger partial charge is 0.357 e. The Hall–Kier alpha value is -2.28. The quantitative estimate of drug-likeness (QED) is 0.489. The molecule has 3 N–H and O–H groups in total. The summed E-state index contributed by atoms with van der Waals surface area (Å²) < 4.78 is 0. The maximum atomic E-state index is 12.1. The lowest BCUT2D eigenvalue weighted by atomic mass is 10.2. The Bertz CT molecular complexity index is 687. The summed E-state index contributed by atoms with van der Waals surface area (Å²) in [6, 6.07) is 5.49. The topological polar surface area (TPSA) is 85.8 Å². The number of anilines is 1. The number of nitrogens with zero attached hydrogens (tertiary/aromatic N) is 2. The number of guanidine groups is 1. The number of halogens is 1. The molecule has 2 amide bonds. The van der Waals surface area contributed by atoms with E-state index in [0.29, 0.717) is 29.8 Å². The number of aliphatic imine (C=N–C) groups is 1. The van der Waals surface area contributed by atoms with Crippen LogP contribution in [0.5, 0.6) is 0 Å². The molecule has 1 aliphatic rings. The average molecular weight is 394 g/mol. The monoisotopic (exact) mass is 393 g/mol. The van der Waals surface area contributed by atoms with Crippen molar-refractivity contribution in [3.63, 3.8) is 0 Å². The number of rotatable bonds is 7. The van der Waals surface area contributed by atoms with E-state index >= 15 is 0 Å². The minimum absolute atomic E-state index is 0.0384. The number of hydrogen-bond donors (Lipinski definition) is 3. The van der Waals surface area contributed by atoms with Crippen molar-refractivity contribution in [2.75, 3.05) is 38.0 Å². The first kappa shape index (κ1) is 21.0. The Balaban J connectivity index is 1.78. The molecule has 0 unspecified atom stereocenters. The van der Waals surface area contributed by atoms with Crippen LogP contribution in [0.1, 0.15) is 31.7 Å². The average Bonchev–Trinajstić information content (AvgIpc) is 3.16. The predicted molar refractivity (Wildman–Crippen MR) is 109 cm³/mol. The van der Waals surface area contributed by atoms with Crippen molar-refractivity contribution in [2.24, 2.45) is 4.99 Å². The maximum absolute atomic E-state index is 12.1. The second kappa shape index (κ2) is 10.8. The lowest BCUT2D eigenvalue weighted by molar-refractivity contribution is -0.128. The van der Waals surface area contributed by atoms with Gasteiger partial charge in [-0.3, -0.25) is 9.59 Å². The van der Waals surface area contributed by atoms with Gasteiger partial charge in [-0.15, -0.1) is 0 Å². The molecule has 148 valence electrons. The van der Waals surface area contributed by atoms with Crippen molar-refractivity contribution in [1.29, 1.82) is 0 Å². The molecular formula is C19H28ClN5O2. The van der Waals surface area contributed by atoms with Gasteiger partial charge in [0, 0.05) is 32.6 Å². The number of nitrogens with one attached hydrogen (secondary N) is 3. The highest BCUT2D eigenvalue weighted by Gasteiger charge is 2.17.